The van der Waals surface area contributed by atoms with Crippen molar-refractivity contribution < 1.29 is 0 Å². The van der Waals surface area contributed by atoms with E-state index in [1.54, 1.807) is 6.21 Å². The van der Waals surface area contributed by atoms with Gasteiger partial charge in [0.25, 0.3) is 0 Å². The molecule has 0 saturated heterocycles. The molecule has 1 aliphatic carbocycles. The van der Waals surface area contributed by atoms with E-state index >= 15 is 0 Å². The number of anilines is 6. The van der Waals surface area contributed by atoms with E-state index in [1.807, 2.05) is 73.8 Å². The fourth-order valence-corrected chi connectivity index (χ4v) is 7.96. The highest BCUT2D eigenvalue weighted by atomic mass is 15.1. The van der Waals surface area contributed by atoms with Gasteiger partial charge in [0.05, 0.1) is 23.3 Å². The van der Waals surface area contributed by atoms with Gasteiger partial charge in [0.2, 0.25) is 0 Å². The molecule has 0 aliphatic heterocycles. The topological polar surface area (TPSA) is 66.4 Å². The molecule has 7 aromatic rings. The zero-order valence-electron chi connectivity index (χ0n) is 33.6. The van der Waals surface area contributed by atoms with Gasteiger partial charge in [-0.25, -0.2) is 0 Å². The summed E-state index contributed by atoms with van der Waals surface area (Å²) in [6.45, 7) is 8.62. The lowest BCUT2D eigenvalue weighted by atomic mass is 9.82. The average Bonchev–Trinajstić information content (AvgIpc) is 3.51. The standard InChI is InChI=1S/C54H43N5/c1-5-6-33-57-37-38(2)41-15-25-46(26-16-41)58(44-21-11-39(35-55)12-22-44)47-27-17-42(18-28-47)43-19-29-48(30-20-43)59(45-23-13-40(36-56)14-24-45)49-31-32-53-51(34-49)50-9-7-8-10-52(50)54(53,3)4/h5-34,37H,1-4H3/b6-5-,38-37+,57-33-. The van der Waals surface area contributed by atoms with E-state index in [2.05, 4.69) is 163 Å². The number of hydrogen-bond donors (Lipinski definition) is 0. The molecule has 5 nitrogen and oxygen atoms in total. The summed E-state index contributed by atoms with van der Waals surface area (Å²) in [5.74, 6) is 0. The second-order valence-corrected chi connectivity index (χ2v) is 15.2. The Bertz CT molecular complexity index is 2790. The van der Waals surface area contributed by atoms with Gasteiger partial charge in [0.15, 0.2) is 0 Å². The zero-order valence-corrected chi connectivity index (χ0v) is 33.6. The van der Waals surface area contributed by atoms with Crippen molar-refractivity contribution in [3.8, 4) is 34.4 Å². The van der Waals surface area contributed by atoms with Gasteiger partial charge in [-0.3, -0.25) is 4.99 Å². The predicted octanol–water partition coefficient (Wildman–Crippen LogP) is 14.4. The van der Waals surface area contributed by atoms with Crippen LogP contribution in [0.3, 0.4) is 0 Å². The van der Waals surface area contributed by atoms with Gasteiger partial charge in [-0.05, 0) is 162 Å². The smallest absolute Gasteiger partial charge is 0.0991 e. The van der Waals surface area contributed by atoms with E-state index in [9.17, 15) is 10.5 Å². The summed E-state index contributed by atoms with van der Waals surface area (Å²) in [5.41, 5.74) is 16.7. The van der Waals surface area contributed by atoms with Crippen LogP contribution in [-0.2, 0) is 5.41 Å². The number of nitriles is 2. The van der Waals surface area contributed by atoms with Crippen LogP contribution in [-0.4, -0.2) is 6.21 Å². The van der Waals surface area contributed by atoms with Gasteiger partial charge in [0.1, 0.15) is 0 Å². The molecule has 5 heteroatoms. The Morgan fingerprint density at radius 2 is 0.983 bits per heavy atom. The third-order valence-corrected chi connectivity index (χ3v) is 11.1. The number of rotatable bonds is 10. The normalized spacial score (nSPS) is 12.8. The maximum atomic E-state index is 9.55. The summed E-state index contributed by atoms with van der Waals surface area (Å²) in [7, 11) is 0. The minimum Gasteiger partial charge on any atom is -0.311 e. The van der Waals surface area contributed by atoms with Gasteiger partial charge in [-0.15, -0.1) is 0 Å². The number of benzene rings is 7. The van der Waals surface area contributed by atoms with E-state index in [0.29, 0.717) is 11.1 Å². The maximum absolute atomic E-state index is 9.55. The Morgan fingerprint density at radius 1 is 0.542 bits per heavy atom. The molecule has 0 amide bonds. The molecule has 0 aromatic heterocycles. The highest BCUT2D eigenvalue weighted by Crippen LogP contribution is 2.50. The first-order valence-electron chi connectivity index (χ1n) is 19.8. The molecular formula is C54H43N5. The van der Waals surface area contributed by atoms with Crippen molar-refractivity contribution in [1.82, 2.24) is 0 Å². The van der Waals surface area contributed by atoms with Crippen LogP contribution in [0, 0.1) is 22.7 Å². The molecule has 0 fully saturated rings. The lowest BCUT2D eigenvalue weighted by Crippen LogP contribution is -2.15. The fourth-order valence-electron chi connectivity index (χ4n) is 7.96. The van der Waals surface area contributed by atoms with Crippen molar-refractivity contribution in [3.05, 3.63) is 210 Å². The summed E-state index contributed by atoms with van der Waals surface area (Å²) in [4.78, 5) is 8.85. The summed E-state index contributed by atoms with van der Waals surface area (Å²) in [6, 6.07) is 61.2. The highest BCUT2D eigenvalue weighted by molar-refractivity contribution is 5.87. The molecule has 0 unspecified atom stereocenters. The number of nitrogens with zero attached hydrogens (tertiary/aromatic N) is 5. The quantitative estimate of drug-likeness (QED) is 0.130. The molecule has 0 bridgehead atoms. The fraction of sp³-hybridized carbons (Fsp3) is 0.0926. The molecule has 0 atom stereocenters. The minimum atomic E-state index is -0.0805. The Morgan fingerprint density at radius 3 is 1.49 bits per heavy atom. The van der Waals surface area contributed by atoms with Crippen LogP contribution in [0.1, 0.15) is 55.5 Å². The molecule has 0 spiro atoms. The van der Waals surface area contributed by atoms with Crippen LogP contribution in [0.5, 0.6) is 0 Å². The van der Waals surface area contributed by atoms with Crippen molar-refractivity contribution in [3.63, 3.8) is 0 Å². The molecule has 0 heterocycles. The Hall–Kier alpha value is -7.73. The van der Waals surface area contributed by atoms with Crippen molar-refractivity contribution in [2.75, 3.05) is 9.80 Å². The van der Waals surface area contributed by atoms with E-state index < -0.39 is 0 Å². The lowest BCUT2D eigenvalue weighted by Gasteiger charge is -2.27. The number of allylic oxidation sites excluding steroid dienone is 3. The largest absolute Gasteiger partial charge is 0.311 e. The first-order valence-corrected chi connectivity index (χ1v) is 19.8. The van der Waals surface area contributed by atoms with Gasteiger partial charge in [0, 0.05) is 52.0 Å². The Balaban J connectivity index is 1.11. The van der Waals surface area contributed by atoms with Crippen LogP contribution < -0.4 is 9.80 Å². The van der Waals surface area contributed by atoms with E-state index in [-0.39, 0.29) is 5.41 Å². The zero-order chi connectivity index (χ0) is 40.9. The molecule has 8 rings (SSSR count). The van der Waals surface area contributed by atoms with E-state index in [4.69, 9.17) is 0 Å². The molecule has 1 aliphatic rings. The molecule has 59 heavy (non-hydrogen) atoms. The molecule has 0 N–H and O–H groups in total. The van der Waals surface area contributed by atoms with Crippen molar-refractivity contribution in [2.24, 2.45) is 4.99 Å². The molecular weight excluding hydrogens is 719 g/mol. The number of aliphatic imine (C=N–C) groups is 1. The number of hydrogen-bond acceptors (Lipinski definition) is 5. The molecule has 0 radical (unpaired) electrons. The van der Waals surface area contributed by atoms with Crippen molar-refractivity contribution in [1.29, 1.82) is 10.5 Å². The maximum Gasteiger partial charge on any atom is 0.0991 e. The first-order chi connectivity index (χ1) is 28.8. The first kappa shape index (κ1) is 38.2. The molecule has 0 saturated carbocycles. The van der Waals surface area contributed by atoms with Gasteiger partial charge < -0.3 is 9.80 Å². The van der Waals surface area contributed by atoms with Crippen molar-refractivity contribution >= 4 is 45.9 Å². The minimum absolute atomic E-state index is 0.0805. The predicted molar refractivity (Wildman–Crippen MR) is 245 cm³/mol. The van der Waals surface area contributed by atoms with Gasteiger partial charge >= 0.3 is 0 Å². The van der Waals surface area contributed by atoms with E-state index in [1.165, 1.54) is 22.3 Å². The summed E-state index contributed by atoms with van der Waals surface area (Å²) in [5, 5.41) is 19.0. The van der Waals surface area contributed by atoms with Crippen LogP contribution in [0.2, 0.25) is 0 Å². The van der Waals surface area contributed by atoms with Gasteiger partial charge in [-0.1, -0.05) is 86.7 Å². The summed E-state index contributed by atoms with van der Waals surface area (Å²) < 4.78 is 0. The van der Waals surface area contributed by atoms with Crippen molar-refractivity contribution in [2.45, 2.75) is 33.1 Å². The molecule has 284 valence electrons. The average molecular weight is 762 g/mol. The van der Waals surface area contributed by atoms with E-state index in [0.717, 1.165) is 56.4 Å². The third-order valence-electron chi connectivity index (χ3n) is 11.1. The van der Waals surface area contributed by atoms with Crippen LogP contribution in [0.15, 0.2) is 187 Å². The monoisotopic (exact) mass is 761 g/mol. The summed E-state index contributed by atoms with van der Waals surface area (Å²) in [6.07, 6.45) is 7.51. The highest BCUT2D eigenvalue weighted by Gasteiger charge is 2.35. The Labute approximate surface area is 347 Å². The van der Waals surface area contributed by atoms with Crippen LogP contribution in [0.25, 0.3) is 27.8 Å². The van der Waals surface area contributed by atoms with Gasteiger partial charge in [-0.2, -0.15) is 10.5 Å². The third kappa shape index (κ3) is 7.58. The number of fused-ring (bicyclic) bond motifs is 3. The SMILES string of the molecule is C\C=C/C=N\C=C(/C)c1ccc(N(c2ccc(C#N)cc2)c2ccc(-c3ccc(N(c4ccc(C#N)cc4)c4ccc5c(c4)-c4ccccc4C5(C)C)cc3)cc2)cc1. The van der Waals surface area contributed by atoms with Crippen LogP contribution >= 0.6 is 0 Å². The second kappa shape index (κ2) is 16.4. The van der Waals surface area contributed by atoms with Crippen LogP contribution in [0.4, 0.5) is 34.1 Å². The second-order valence-electron chi connectivity index (χ2n) is 15.2. The Kier molecular flexibility index (Phi) is 10.6. The summed E-state index contributed by atoms with van der Waals surface area (Å²) >= 11 is 0. The molecule has 7 aromatic carbocycles. The lowest BCUT2D eigenvalue weighted by molar-refractivity contribution is 0.660.